The Kier molecular flexibility index (Phi) is 3.45. The number of nitrogens with one attached hydrogen (secondary N) is 1. The molecule has 0 bridgehead atoms. The van der Waals surface area contributed by atoms with E-state index in [4.69, 9.17) is 0 Å². The van der Waals surface area contributed by atoms with Crippen LogP contribution in [0.4, 0.5) is 0 Å². The third-order valence-electron chi connectivity index (χ3n) is 3.75. The lowest BCUT2D eigenvalue weighted by Crippen LogP contribution is -2.52. The lowest BCUT2D eigenvalue weighted by molar-refractivity contribution is 0.166. The van der Waals surface area contributed by atoms with Crippen LogP contribution in [0.2, 0.25) is 0 Å². The SMILES string of the molecule is CCC(C)CN1CCNC(C2CC2)C1. The van der Waals surface area contributed by atoms with E-state index in [1.165, 1.54) is 45.4 Å². The summed E-state index contributed by atoms with van der Waals surface area (Å²) in [6, 6.07) is 0.813. The molecule has 14 heavy (non-hydrogen) atoms. The van der Waals surface area contributed by atoms with Crippen LogP contribution in [0.25, 0.3) is 0 Å². The first-order valence-corrected chi connectivity index (χ1v) is 6.25. The van der Waals surface area contributed by atoms with Gasteiger partial charge < -0.3 is 10.2 Å². The average Bonchev–Trinajstić information content (AvgIpc) is 3.01. The van der Waals surface area contributed by atoms with Crippen molar-refractivity contribution < 1.29 is 0 Å². The fraction of sp³-hybridized carbons (Fsp3) is 1.00. The van der Waals surface area contributed by atoms with E-state index in [9.17, 15) is 0 Å². The minimum Gasteiger partial charge on any atom is -0.311 e. The van der Waals surface area contributed by atoms with Gasteiger partial charge in [-0.25, -0.2) is 0 Å². The highest BCUT2D eigenvalue weighted by Crippen LogP contribution is 2.33. The highest BCUT2D eigenvalue weighted by atomic mass is 15.2. The molecule has 1 heterocycles. The molecule has 1 aliphatic carbocycles. The van der Waals surface area contributed by atoms with Gasteiger partial charge in [0.15, 0.2) is 0 Å². The van der Waals surface area contributed by atoms with Crippen molar-refractivity contribution in [2.75, 3.05) is 26.2 Å². The average molecular weight is 196 g/mol. The fourth-order valence-electron chi connectivity index (χ4n) is 2.39. The maximum Gasteiger partial charge on any atom is 0.0223 e. The minimum atomic E-state index is 0.813. The quantitative estimate of drug-likeness (QED) is 0.736. The zero-order chi connectivity index (χ0) is 9.97. The monoisotopic (exact) mass is 196 g/mol. The van der Waals surface area contributed by atoms with E-state index in [0.29, 0.717) is 0 Å². The summed E-state index contributed by atoms with van der Waals surface area (Å²) in [5.41, 5.74) is 0. The molecule has 0 aromatic heterocycles. The number of nitrogens with zero attached hydrogens (tertiary/aromatic N) is 1. The molecule has 0 spiro atoms. The van der Waals surface area contributed by atoms with Gasteiger partial charge in [0.2, 0.25) is 0 Å². The van der Waals surface area contributed by atoms with Crippen LogP contribution in [0.5, 0.6) is 0 Å². The maximum absolute atomic E-state index is 3.66. The Bertz CT molecular complexity index is 177. The second kappa shape index (κ2) is 4.63. The van der Waals surface area contributed by atoms with E-state index < -0.39 is 0 Å². The molecule has 1 aliphatic heterocycles. The normalized spacial score (nSPS) is 31.7. The third-order valence-corrected chi connectivity index (χ3v) is 3.75. The van der Waals surface area contributed by atoms with Gasteiger partial charge in [-0.05, 0) is 24.7 Å². The molecule has 0 amide bonds. The second-order valence-electron chi connectivity index (χ2n) is 5.17. The predicted octanol–water partition coefficient (Wildman–Crippen LogP) is 1.72. The number of hydrogen-bond donors (Lipinski definition) is 1. The molecule has 0 aromatic carbocycles. The molecule has 1 saturated heterocycles. The first-order chi connectivity index (χ1) is 6.79. The lowest BCUT2D eigenvalue weighted by atomic mass is 10.1. The van der Waals surface area contributed by atoms with Crippen molar-refractivity contribution in [3.05, 3.63) is 0 Å². The molecule has 1 saturated carbocycles. The molecule has 2 fully saturated rings. The van der Waals surface area contributed by atoms with Crippen molar-refractivity contribution in [2.45, 2.75) is 39.2 Å². The number of rotatable bonds is 4. The van der Waals surface area contributed by atoms with E-state index in [-0.39, 0.29) is 0 Å². The summed E-state index contributed by atoms with van der Waals surface area (Å²) in [5.74, 6) is 1.88. The van der Waals surface area contributed by atoms with E-state index in [1.807, 2.05) is 0 Å². The molecule has 2 aliphatic rings. The van der Waals surface area contributed by atoms with Crippen LogP contribution in [0.15, 0.2) is 0 Å². The zero-order valence-electron chi connectivity index (χ0n) is 9.63. The van der Waals surface area contributed by atoms with Crippen LogP contribution in [-0.4, -0.2) is 37.1 Å². The zero-order valence-corrected chi connectivity index (χ0v) is 9.63. The Morgan fingerprint density at radius 3 is 2.86 bits per heavy atom. The molecule has 2 rings (SSSR count). The summed E-state index contributed by atoms with van der Waals surface area (Å²) in [6.45, 7) is 9.74. The fourth-order valence-corrected chi connectivity index (χ4v) is 2.39. The summed E-state index contributed by atoms with van der Waals surface area (Å²) in [4.78, 5) is 2.66. The lowest BCUT2D eigenvalue weighted by Gasteiger charge is -2.35. The molecule has 82 valence electrons. The summed E-state index contributed by atoms with van der Waals surface area (Å²) >= 11 is 0. The van der Waals surface area contributed by atoms with Gasteiger partial charge in [-0.2, -0.15) is 0 Å². The molecular weight excluding hydrogens is 172 g/mol. The summed E-state index contributed by atoms with van der Waals surface area (Å²) < 4.78 is 0. The van der Waals surface area contributed by atoms with Crippen LogP contribution in [0.1, 0.15) is 33.1 Å². The maximum atomic E-state index is 3.66. The molecule has 0 radical (unpaired) electrons. The first-order valence-electron chi connectivity index (χ1n) is 6.25. The van der Waals surface area contributed by atoms with Crippen molar-refractivity contribution in [2.24, 2.45) is 11.8 Å². The predicted molar refractivity (Wildman–Crippen MR) is 60.4 cm³/mol. The Balaban J connectivity index is 1.75. The minimum absolute atomic E-state index is 0.813. The van der Waals surface area contributed by atoms with Gasteiger partial charge in [0, 0.05) is 32.2 Å². The van der Waals surface area contributed by atoms with Gasteiger partial charge in [0.05, 0.1) is 0 Å². The Hall–Kier alpha value is -0.0800. The first kappa shape index (κ1) is 10.4. The highest BCUT2D eigenvalue weighted by molar-refractivity contribution is 4.91. The van der Waals surface area contributed by atoms with Crippen molar-refractivity contribution in [1.82, 2.24) is 10.2 Å². The number of piperazine rings is 1. The van der Waals surface area contributed by atoms with Crippen LogP contribution < -0.4 is 5.32 Å². The summed E-state index contributed by atoms with van der Waals surface area (Å²) in [6.07, 6.45) is 4.25. The van der Waals surface area contributed by atoms with E-state index >= 15 is 0 Å². The molecule has 0 aromatic rings. The topological polar surface area (TPSA) is 15.3 Å². The molecule has 2 atom stereocenters. The highest BCUT2D eigenvalue weighted by Gasteiger charge is 2.33. The smallest absolute Gasteiger partial charge is 0.0223 e. The van der Waals surface area contributed by atoms with Crippen molar-refractivity contribution in [1.29, 1.82) is 0 Å². The van der Waals surface area contributed by atoms with Crippen LogP contribution >= 0.6 is 0 Å². The third kappa shape index (κ3) is 2.71. The van der Waals surface area contributed by atoms with E-state index in [1.54, 1.807) is 0 Å². The van der Waals surface area contributed by atoms with Gasteiger partial charge >= 0.3 is 0 Å². The van der Waals surface area contributed by atoms with Gasteiger partial charge in [-0.3, -0.25) is 0 Å². The molecular formula is C12H24N2. The van der Waals surface area contributed by atoms with E-state index in [2.05, 4.69) is 24.1 Å². The van der Waals surface area contributed by atoms with Gasteiger partial charge in [0.25, 0.3) is 0 Å². The van der Waals surface area contributed by atoms with Gasteiger partial charge in [0.1, 0.15) is 0 Å². The van der Waals surface area contributed by atoms with E-state index in [0.717, 1.165) is 17.9 Å². The molecule has 2 heteroatoms. The largest absolute Gasteiger partial charge is 0.311 e. The second-order valence-corrected chi connectivity index (χ2v) is 5.17. The molecule has 1 N–H and O–H groups in total. The Morgan fingerprint density at radius 1 is 1.43 bits per heavy atom. The van der Waals surface area contributed by atoms with Crippen molar-refractivity contribution in [3.63, 3.8) is 0 Å². The van der Waals surface area contributed by atoms with Crippen LogP contribution in [-0.2, 0) is 0 Å². The standard InChI is InChI=1S/C12H24N2/c1-3-10(2)8-14-7-6-13-12(9-14)11-4-5-11/h10-13H,3-9H2,1-2H3. The van der Waals surface area contributed by atoms with Crippen LogP contribution in [0, 0.1) is 11.8 Å². The number of hydrogen-bond acceptors (Lipinski definition) is 2. The Morgan fingerprint density at radius 2 is 2.21 bits per heavy atom. The van der Waals surface area contributed by atoms with Crippen molar-refractivity contribution in [3.8, 4) is 0 Å². The van der Waals surface area contributed by atoms with Crippen molar-refractivity contribution >= 4 is 0 Å². The van der Waals surface area contributed by atoms with Crippen LogP contribution in [0.3, 0.4) is 0 Å². The summed E-state index contributed by atoms with van der Waals surface area (Å²) in [7, 11) is 0. The van der Waals surface area contributed by atoms with Gasteiger partial charge in [-0.15, -0.1) is 0 Å². The summed E-state index contributed by atoms with van der Waals surface area (Å²) in [5, 5.41) is 3.66. The van der Waals surface area contributed by atoms with Gasteiger partial charge in [-0.1, -0.05) is 20.3 Å². The molecule has 2 nitrogen and oxygen atoms in total. The Labute approximate surface area is 88.1 Å². The molecule has 2 unspecified atom stereocenters.